The zero-order valence-corrected chi connectivity index (χ0v) is 58.3. The van der Waals surface area contributed by atoms with Crippen molar-refractivity contribution in [1.29, 1.82) is 0 Å². The van der Waals surface area contributed by atoms with Gasteiger partial charge in [-0.05, 0) is 83.5 Å². The van der Waals surface area contributed by atoms with Crippen LogP contribution in [0.2, 0.25) is 0 Å². The van der Waals surface area contributed by atoms with Crippen LogP contribution in [0.5, 0.6) is 0 Å². The lowest BCUT2D eigenvalue weighted by atomic mass is 10.0. The SMILES string of the molecule is CCCCCC/C=C\CCCCCCCC(=O)OCCCCCCCCCCCCC/C=C\C/C=C\CCCCCCCCCCCCCCCCCCCC(=O)NC(CO)C(O)CCCCCCCCCCCCCCCCCCCCCCC. The van der Waals surface area contributed by atoms with E-state index < -0.39 is 12.1 Å². The molecule has 2 unspecified atom stereocenters. The zero-order chi connectivity index (χ0) is 62.0. The van der Waals surface area contributed by atoms with Crippen LogP contribution in [0.25, 0.3) is 0 Å². The Kier molecular flexibility index (Phi) is 73.9. The molecule has 6 heteroatoms. The van der Waals surface area contributed by atoms with Gasteiger partial charge in [-0.1, -0.05) is 378 Å². The number of aliphatic hydroxyl groups excluding tert-OH is 2. The van der Waals surface area contributed by atoms with E-state index in [-0.39, 0.29) is 18.5 Å². The molecule has 0 aromatic heterocycles. The van der Waals surface area contributed by atoms with Crippen LogP contribution in [0.1, 0.15) is 438 Å². The van der Waals surface area contributed by atoms with Crippen LogP contribution in [-0.2, 0) is 14.3 Å². The Balaban J connectivity index is 3.37. The maximum absolute atomic E-state index is 12.6. The van der Waals surface area contributed by atoms with Crippen LogP contribution < -0.4 is 5.32 Å². The van der Waals surface area contributed by atoms with Crippen LogP contribution in [0.3, 0.4) is 0 Å². The molecule has 6 nitrogen and oxygen atoms in total. The summed E-state index contributed by atoms with van der Waals surface area (Å²) in [7, 11) is 0. The molecular formula is C80H153NO5. The van der Waals surface area contributed by atoms with E-state index in [2.05, 4.69) is 55.6 Å². The predicted molar refractivity (Wildman–Crippen MR) is 379 cm³/mol. The van der Waals surface area contributed by atoms with Gasteiger partial charge in [0.05, 0.1) is 25.4 Å². The van der Waals surface area contributed by atoms with Crippen molar-refractivity contribution in [3.05, 3.63) is 36.5 Å². The summed E-state index contributed by atoms with van der Waals surface area (Å²) in [6.45, 7) is 4.98. The molecule has 0 spiro atoms. The molecule has 0 aliphatic carbocycles. The summed E-state index contributed by atoms with van der Waals surface area (Å²) >= 11 is 0. The van der Waals surface area contributed by atoms with Gasteiger partial charge < -0.3 is 20.3 Å². The topological polar surface area (TPSA) is 95.9 Å². The highest BCUT2D eigenvalue weighted by atomic mass is 16.5. The monoisotopic (exact) mass is 1210 g/mol. The normalized spacial score (nSPS) is 12.7. The molecule has 0 aromatic rings. The Morgan fingerprint density at radius 1 is 0.326 bits per heavy atom. The fraction of sp³-hybridized carbons (Fsp3) is 0.900. The second kappa shape index (κ2) is 75.5. The number of unbranched alkanes of at least 4 members (excludes halogenated alkanes) is 57. The van der Waals surface area contributed by atoms with Crippen LogP contribution in [0, 0.1) is 0 Å². The van der Waals surface area contributed by atoms with Gasteiger partial charge in [-0.25, -0.2) is 0 Å². The van der Waals surface area contributed by atoms with E-state index >= 15 is 0 Å². The Morgan fingerprint density at radius 2 is 0.581 bits per heavy atom. The smallest absolute Gasteiger partial charge is 0.305 e. The molecule has 0 rings (SSSR count). The highest BCUT2D eigenvalue weighted by Gasteiger charge is 2.20. The minimum absolute atomic E-state index is 0.00807. The number of ether oxygens (including phenoxy) is 1. The number of hydrogen-bond donors (Lipinski definition) is 3. The largest absolute Gasteiger partial charge is 0.466 e. The first-order chi connectivity index (χ1) is 42.5. The van der Waals surface area contributed by atoms with Crippen molar-refractivity contribution >= 4 is 11.9 Å². The van der Waals surface area contributed by atoms with Crippen molar-refractivity contribution in [3.63, 3.8) is 0 Å². The summed E-state index contributed by atoms with van der Waals surface area (Å²) in [5.41, 5.74) is 0. The van der Waals surface area contributed by atoms with Crippen molar-refractivity contribution in [2.24, 2.45) is 0 Å². The van der Waals surface area contributed by atoms with Crippen LogP contribution >= 0.6 is 0 Å². The Hall–Kier alpha value is -1.92. The number of nitrogens with one attached hydrogen (secondary N) is 1. The second-order valence-electron chi connectivity index (χ2n) is 27.0. The van der Waals surface area contributed by atoms with E-state index in [0.29, 0.717) is 25.9 Å². The van der Waals surface area contributed by atoms with Gasteiger partial charge in [0, 0.05) is 12.8 Å². The van der Waals surface area contributed by atoms with Gasteiger partial charge in [0.1, 0.15) is 0 Å². The predicted octanol–water partition coefficient (Wildman–Crippen LogP) is 25.8. The first kappa shape index (κ1) is 84.1. The molecule has 0 saturated carbocycles. The number of carbonyl (C=O) groups is 2. The van der Waals surface area contributed by atoms with Gasteiger partial charge in [-0.2, -0.15) is 0 Å². The zero-order valence-electron chi connectivity index (χ0n) is 58.3. The van der Waals surface area contributed by atoms with Gasteiger partial charge in [0.15, 0.2) is 0 Å². The first-order valence-corrected chi connectivity index (χ1v) is 39.2. The number of aliphatic hydroxyl groups is 2. The van der Waals surface area contributed by atoms with E-state index in [4.69, 9.17) is 4.74 Å². The number of carbonyl (C=O) groups excluding carboxylic acids is 2. The van der Waals surface area contributed by atoms with E-state index in [9.17, 15) is 19.8 Å². The lowest BCUT2D eigenvalue weighted by Crippen LogP contribution is -2.45. The Morgan fingerprint density at radius 3 is 0.907 bits per heavy atom. The van der Waals surface area contributed by atoms with Gasteiger partial charge in [-0.15, -0.1) is 0 Å². The molecule has 0 heterocycles. The lowest BCUT2D eigenvalue weighted by Gasteiger charge is -2.22. The fourth-order valence-electron chi connectivity index (χ4n) is 12.4. The quantitative estimate of drug-likeness (QED) is 0.0320. The van der Waals surface area contributed by atoms with Crippen molar-refractivity contribution in [3.8, 4) is 0 Å². The van der Waals surface area contributed by atoms with Crippen LogP contribution in [0.15, 0.2) is 36.5 Å². The third-order valence-electron chi connectivity index (χ3n) is 18.4. The summed E-state index contributed by atoms with van der Waals surface area (Å²) < 4.78 is 5.48. The summed E-state index contributed by atoms with van der Waals surface area (Å²) in [6.07, 6.45) is 98.0. The van der Waals surface area contributed by atoms with Gasteiger partial charge in [0.25, 0.3) is 0 Å². The molecule has 2 atom stereocenters. The third-order valence-corrected chi connectivity index (χ3v) is 18.4. The minimum atomic E-state index is -0.664. The molecule has 0 saturated heterocycles. The van der Waals surface area contributed by atoms with Crippen molar-refractivity contribution in [2.75, 3.05) is 13.2 Å². The summed E-state index contributed by atoms with van der Waals surface area (Å²) in [5, 5.41) is 23.5. The maximum Gasteiger partial charge on any atom is 0.305 e. The van der Waals surface area contributed by atoms with Gasteiger partial charge in [0.2, 0.25) is 5.91 Å². The summed E-state index contributed by atoms with van der Waals surface area (Å²) in [6, 6.07) is -0.541. The van der Waals surface area contributed by atoms with Crippen molar-refractivity contribution in [2.45, 2.75) is 450 Å². The molecule has 508 valence electrons. The maximum atomic E-state index is 12.6. The molecule has 3 N–H and O–H groups in total. The van der Waals surface area contributed by atoms with E-state index in [1.54, 1.807) is 0 Å². The first-order valence-electron chi connectivity index (χ1n) is 39.2. The molecule has 0 fully saturated rings. The van der Waals surface area contributed by atoms with Gasteiger partial charge in [-0.3, -0.25) is 9.59 Å². The molecule has 0 aliphatic heterocycles. The number of amides is 1. The fourth-order valence-corrected chi connectivity index (χ4v) is 12.4. The van der Waals surface area contributed by atoms with E-state index in [1.165, 1.54) is 353 Å². The molecule has 0 bridgehead atoms. The number of esters is 1. The van der Waals surface area contributed by atoms with Gasteiger partial charge >= 0.3 is 5.97 Å². The molecular weight excluding hydrogens is 1050 g/mol. The molecule has 0 aliphatic rings. The second-order valence-corrected chi connectivity index (χ2v) is 27.0. The Labute approximate surface area is 538 Å². The van der Waals surface area contributed by atoms with Crippen LogP contribution in [-0.4, -0.2) is 47.4 Å². The van der Waals surface area contributed by atoms with E-state index in [1.807, 2.05) is 0 Å². The average molecular weight is 1210 g/mol. The lowest BCUT2D eigenvalue weighted by molar-refractivity contribution is -0.143. The molecule has 86 heavy (non-hydrogen) atoms. The molecule has 0 radical (unpaired) electrons. The van der Waals surface area contributed by atoms with Crippen molar-refractivity contribution < 1.29 is 24.5 Å². The van der Waals surface area contributed by atoms with Crippen molar-refractivity contribution in [1.82, 2.24) is 5.32 Å². The number of allylic oxidation sites excluding steroid dienone is 6. The number of rotatable bonds is 74. The highest BCUT2D eigenvalue weighted by molar-refractivity contribution is 5.76. The third kappa shape index (κ3) is 71.2. The Bertz CT molecular complexity index is 1390. The standard InChI is InChI=1S/C80H153NO5/c1-3-5-7-9-11-13-15-17-18-19-20-36-39-42-45-49-52-56-60-64-68-72-78(83)77(76-82)81-79(84)73-69-65-61-57-53-50-46-43-40-37-34-32-30-28-26-24-22-21-23-25-27-29-31-33-35-38-41-44-47-51-55-59-63-67-71-75-86-80(85)74-70-66-62-58-54-48-16-14-12-10-8-6-4-2/h14,16,23,25,29,31,77-78,82-83H,3-13,15,17-22,24,26-28,30,32-76H2,1-2H3,(H,81,84)/b16-14-,25-23-,31-29-. The van der Waals surface area contributed by atoms with Crippen LogP contribution in [0.4, 0.5) is 0 Å². The minimum Gasteiger partial charge on any atom is -0.466 e. The number of hydrogen-bond acceptors (Lipinski definition) is 5. The molecule has 1 amide bonds. The van der Waals surface area contributed by atoms with E-state index in [0.717, 1.165) is 51.4 Å². The summed E-state index contributed by atoms with van der Waals surface area (Å²) in [5.74, 6) is -0.0197. The average Bonchev–Trinajstić information content (AvgIpc) is 3.55. The molecule has 0 aromatic carbocycles. The summed E-state index contributed by atoms with van der Waals surface area (Å²) in [4.78, 5) is 24.6. The highest BCUT2D eigenvalue weighted by Crippen LogP contribution is 2.20.